The molecule has 168 valence electrons. The number of aromatic hydroxyl groups is 1. The molecule has 0 fully saturated rings. The highest BCUT2D eigenvalue weighted by atomic mass is 16.3. The SMILES string of the molecule is CC(C)(C)CC(C)(C)Nc1c(C(C)(C)C)nc2c(C(=O)Nc3cccc(O)c3)c[nH]n12. The number of carbonyl (C=O) groups excluding carboxylic acids is 1. The third-order valence-electron chi connectivity index (χ3n) is 4.94. The molecule has 0 aliphatic heterocycles. The van der Waals surface area contributed by atoms with Crippen molar-refractivity contribution in [3.63, 3.8) is 0 Å². The van der Waals surface area contributed by atoms with Crippen LogP contribution < -0.4 is 10.6 Å². The van der Waals surface area contributed by atoms with Crippen molar-refractivity contribution < 1.29 is 9.90 Å². The van der Waals surface area contributed by atoms with Gasteiger partial charge in [0, 0.05) is 28.9 Å². The first-order chi connectivity index (χ1) is 14.2. The summed E-state index contributed by atoms with van der Waals surface area (Å²) < 4.78 is 1.85. The van der Waals surface area contributed by atoms with Crippen molar-refractivity contribution in [2.45, 2.75) is 72.8 Å². The van der Waals surface area contributed by atoms with Crippen molar-refractivity contribution in [3.05, 3.63) is 41.7 Å². The summed E-state index contributed by atoms with van der Waals surface area (Å²) >= 11 is 0. The smallest absolute Gasteiger partial charge is 0.261 e. The first kappa shape index (κ1) is 22.7. The molecule has 7 heteroatoms. The zero-order valence-electron chi connectivity index (χ0n) is 19.8. The Kier molecular flexibility index (Phi) is 5.59. The van der Waals surface area contributed by atoms with E-state index in [1.54, 1.807) is 24.4 Å². The predicted octanol–water partition coefficient (Wildman–Crippen LogP) is 5.54. The Bertz CT molecular complexity index is 1090. The van der Waals surface area contributed by atoms with Crippen LogP contribution in [0.5, 0.6) is 5.75 Å². The minimum absolute atomic E-state index is 0.0976. The van der Waals surface area contributed by atoms with E-state index in [2.05, 4.69) is 71.1 Å². The summed E-state index contributed by atoms with van der Waals surface area (Å²) in [5, 5.41) is 19.4. The maximum absolute atomic E-state index is 13.0. The van der Waals surface area contributed by atoms with Crippen LogP contribution in [0.3, 0.4) is 0 Å². The monoisotopic (exact) mass is 425 g/mol. The van der Waals surface area contributed by atoms with Gasteiger partial charge in [0.2, 0.25) is 0 Å². The Hall–Kier alpha value is -2.96. The second-order valence-electron chi connectivity index (χ2n) is 11.2. The van der Waals surface area contributed by atoms with E-state index in [4.69, 9.17) is 4.98 Å². The Labute approximate surface area is 184 Å². The molecule has 3 aromatic rings. The third kappa shape index (κ3) is 5.21. The molecule has 0 unspecified atom stereocenters. The average Bonchev–Trinajstić information content (AvgIpc) is 3.12. The van der Waals surface area contributed by atoms with Gasteiger partial charge < -0.3 is 15.7 Å². The number of carbonyl (C=O) groups is 1. The average molecular weight is 426 g/mol. The highest BCUT2D eigenvalue weighted by molar-refractivity contribution is 6.08. The van der Waals surface area contributed by atoms with Crippen LogP contribution in [0.4, 0.5) is 11.5 Å². The second kappa shape index (κ2) is 7.62. The van der Waals surface area contributed by atoms with Crippen molar-refractivity contribution in [2.75, 3.05) is 10.6 Å². The molecule has 3 rings (SSSR count). The van der Waals surface area contributed by atoms with Gasteiger partial charge in [-0.15, -0.1) is 0 Å². The van der Waals surface area contributed by atoms with Gasteiger partial charge in [-0.1, -0.05) is 47.6 Å². The lowest BCUT2D eigenvalue weighted by molar-refractivity contribution is 0.102. The maximum Gasteiger partial charge on any atom is 0.261 e. The number of phenols is 1. The van der Waals surface area contributed by atoms with Crippen LogP contribution in [0.15, 0.2) is 30.5 Å². The summed E-state index contributed by atoms with van der Waals surface area (Å²) in [5.41, 5.74) is 2.19. The number of rotatable bonds is 5. The highest BCUT2D eigenvalue weighted by Crippen LogP contribution is 2.35. The Morgan fingerprint density at radius 2 is 1.81 bits per heavy atom. The van der Waals surface area contributed by atoms with E-state index in [0.29, 0.717) is 16.9 Å². The molecule has 0 aliphatic rings. The van der Waals surface area contributed by atoms with Crippen LogP contribution in [-0.4, -0.2) is 31.2 Å². The fourth-order valence-corrected chi connectivity index (χ4v) is 4.20. The molecule has 31 heavy (non-hydrogen) atoms. The number of anilines is 2. The molecule has 0 bridgehead atoms. The molecular formula is C24H35N5O2. The van der Waals surface area contributed by atoms with E-state index >= 15 is 0 Å². The summed E-state index contributed by atoms with van der Waals surface area (Å²) in [4.78, 5) is 17.8. The van der Waals surface area contributed by atoms with Gasteiger partial charge in [0.05, 0.1) is 5.69 Å². The molecule has 0 saturated carbocycles. The van der Waals surface area contributed by atoms with E-state index in [9.17, 15) is 9.90 Å². The molecular weight excluding hydrogens is 390 g/mol. The van der Waals surface area contributed by atoms with Crippen LogP contribution >= 0.6 is 0 Å². The lowest BCUT2D eigenvalue weighted by Crippen LogP contribution is -2.36. The number of hydrogen-bond donors (Lipinski definition) is 4. The number of benzene rings is 1. The Morgan fingerprint density at radius 3 is 2.39 bits per heavy atom. The quantitative estimate of drug-likeness (QED) is 0.431. The van der Waals surface area contributed by atoms with Crippen molar-refractivity contribution in [1.29, 1.82) is 0 Å². The number of amides is 1. The number of phenolic OH excluding ortho intramolecular Hbond substituents is 1. The number of nitrogens with one attached hydrogen (secondary N) is 3. The Morgan fingerprint density at radius 1 is 1.13 bits per heavy atom. The molecule has 2 heterocycles. The minimum Gasteiger partial charge on any atom is -0.508 e. The van der Waals surface area contributed by atoms with E-state index in [-0.39, 0.29) is 28.0 Å². The van der Waals surface area contributed by atoms with Crippen LogP contribution in [0.25, 0.3) is 5.65 Å². The molecule has 4 N–H and O–H groups in total. The number of imidazole rings is 1. The lowest BCUT2D eigenvalue weighted by Gasteiger charge is -2.34. The van der Waals surface area contributed by atoms with E-state index < -0.39 is 0 Å². The lowest BCUT2D eigenvalue weighted by atomic mass is 9.81. The molecule has 7 nitrogen and oxygen atoms in total. The number of nitrogens with zero attached hydrogens (tertiary/aromatic N) is 2. The summed E-state index contributed by atoms with van der Waals surface area (Å²) in [6, 6.07) is 6.49. The fourth-order valence-electron chi connectivity index (χ4n) is 4.20. The molecule has 1 aromatic carbocycles. The number of aromatic amines is 1. The molecule has 2 aromatic heterocycles. The van der Waals surface area contributed by atoms with Gasteiger partial charge >= 0.3 is 0 Å². The fraction of sp³-hybridized carbons (Fsp3) is 0.500. The summed E-state index contributed by atoms with van der Waals surface area (Å²) in [6.07, 6.45) is 2.62. The molecule has 0 aliphatic carbocycles. The van der Waals surface area contributed by atoms with Gasteiger partial charge in [-0.05, 0) is 37.8 Å². The van der Waals surface area contributed by atoms with E-state index in [0.717, 1.165) is 17.9 Å². The minimum atomic E-state index is -0.289. The number of fused-ring (bicyclic) bond motifs is 1. The van der Waals surface area contributed by atoms with Gasteiger partial charge in [0.1, 0.15) is 11.3 Å². The maximum atomic E-state index is 13.0. The second-order valence-corrected chi connectivity index (χ2v) is 11.2. The standard InChI is InChI=1S/C24H35N5O2/c1-22(2,3)14-24(7,8)28-20-18(23(4,5)6)27-19-17(13-25-29(19)20)21(31)26-15-10-9-11-16(30)12-15/h9-13,25,28,30H,14H2,1-8H3,(H,26,31). The molecule has 0 spiro atoms. The summed E-state index contributed by atoms with van der Waals surface area (Å²) in [5.74, 6) is 0.677. The number of H-pyrrole nitrogens is 1. The van der Waals surface area contributed by atoms with Crippen molar-refractivity contribution in [3.8, 4) is 5.75 Å². The molecule has 1 amide bonds. The van der Waals surface area contributed by atoms with Gasteiger partial charge in [-0.25, -0.2) is 9.50 Å². The largest absolute Gasteiger partial charge is 0.508 e. The van der Waals surface area contributed by atoms with Crippen molar-refractivity contribution in [2.24, 2.45) is 5.41 Å². The van der Waals surface area contributed by atoms with Crippen LogP contribution in [-0.2, 0) is 5.41 Å². The van der Waals surface area contributed by atoms with E-state index in [1.165, 1.54) is 6.07 Å². The summed E-state index contributed by atoms with van der Waals surface area (Å²) in [7, 11) is 0. The van der Waals surface area contributed by atoms with E-state index in [1.807, 2.05) is 4.52 Å². The zero-order valence-corrected chi connectivity index (χ0v) is 19.8. The molecule has 0 saturated heterocycles. The van der Waals surface area contributed by atoms with Crippen molar-refractivity contribution in [1.82, 2.24) is 14.6 Å². The first-order valence-corrected chi connectivity index (χ1v) is 10.7. The third-order valence-corrected chi connectivity index (χ3v) is 4.94. The normalized spacial score (nSPS) is 12.9. The summed E-state index contributed by atoms with van der Waals surface area (Å²) in [6.45, 7) is 17.4. The topological polar surface area (TPSA) is 94.4 Å². The van der Waals surface area contributed by atoms with Crippen molar-refractivity contribution >= 4 is 23.1 Å². The molecule has 0 atom stereocenters. The zero-order chi connectivity index (χ0) is 23.2. The van der Waals surface area contributed by atoms with Gasteiger partial charge in [0.25, 0.3) is 5.91 Å². The van der Waals surface area contributed by atoms with Crippen LogP contribution in [0, 0.1) is 5.41 Å². The van der Waals surface area contributed by atoms with Gasteiger partial charge in [-0.2, -0.15) is 0 Å². The predicted molar refractivity (Wildman–Crippen MR) is 126 cm³/mol. The highest BCUT2D eigenvalue weighted by Gasteiger charge is 2.32. The number of aromatic nitrogens is 3. The van der Waals surface area contributed by atoms with Gasteiger partial charge in [-0.3, -0.25) is 9.89 Å². The van der Waals surface area contributed by atoms with Gasteiger partial charge in [0.15, 0.2) is 11.5 Å². The number of hydrogen-bond acceptors (Lipinski definition) is 4. The van der Waals surface area contributed by atoms with Crippen LogP contribution in [0.2, 0.25) is 0 Å². The Balaban J connectivity index is 2.01. The first-order valence-electron chi connectivity index (χ1n) is 10.7. The van der Waals surface area contributed by atoms with Crippen LogP contribution in [0.1, 0.15) is 77.9 Å². The molecule has 0 radical (unpaired) electrons.